The zero-order valence-electron chi connectivity index (χ0n) is 16.2. The molecule has 1 amide bonds. The van der Waals surface area contributed by atoms with Gasteiger partial charge in [-0.2, -0.15) is 4.31 Å². The number of hydrogen-bond acceptors (Lipinski definition) is 4. The minimum absolute atomic E-state index is 0.125. The highest BCUT2D eigenvalue weighted by molar-refractivity contribution is 7.89. The van der Waals surface area contributed by atoms with Gasteiger partial charge in [0.15, 0.2) is 0 Å². The average molecular weight is 440 g/mol. The van der Waals surface area contributed by atoms with Crippen LogP contribution >= 0.6 is 11.6 Å². The molecule has 2 aromatic rings. The molecule has 156 valence electrons. The molecule has 1 unspecified atom stereocenters. The quantitative estimate of drug-likeness (QED) is 0.777. The summed E-state index contributed by atoms with van der Waals surface area (Å²) in [6.45, 7) is 5.10. The van der Waals surface area contributed by atoms with Crippen molar-refractivity contribution in [2.24, 2.45) is 0 Å². The van der Waals surface area contributed by atoms with Crippen LogP contribution < -0.4 is 5.32 Å². The number of benzene rings is 2. The number of amides is 1. The molecule has 3 rings (SSSR count). The molecule has 1 fully saturated rings. The molecule has 1 heterocycles. The van der Waals surface area contributed by atoms with Crippen LogP contribution in [-0.2, 0) is 14.8 Å². The summed E-state index contributed by atoms with van der Waals surface area (Å²) in [5, 5.41) is 2.82. The molecular formula is C20H23ClFN3O3S. The van der Waals surface area contributed by atoms with E-state index in [1.807, 2.05) is 11.8 Å². The van der Waals surface area contributed by atoms with Crippen LogP contribution in [0.25, 0.3) is 0 Å². The summed E-state index contributed by atoms with van der Waals surface area (Å²) in [5.41, 5.74) is 1.33. The van der Waals surface area contributed by atoms with Gasteiger partial charge in [-0.25, -0.2) is 12.8 Å². The monoisotopic (exact) mass is 439 g/mol. The van der Waals surface area contributed by atoms with Crippen LogP contribution in [0.1, 0.15) is 12.5 Å². The lowest BCUT2D eigenvalue weighted by Gasteiger charge is -2.36. The summed E-state index contributed by atoms with van der Waals surface area (Å²) in [5.74, 6) is -0.764. The minimum atomic E-state index is -3.55. The summed E-state index contributed by atoms with van der Waals surface area (Å²) in [6.07, 6.45) is 0. The third-order valence-corrected chi connectivity index (χ3v) is 7.27. The van der Waals surface area contributed by atoms with Crippen molar-refractivity contribution >= 4 is 33.2 Å². The zero-order chi connectivity index (χ0) is 21.2. The molecule has 0 aliphatic carbocycles. The normalized spacial score (nSPS) is 17.1. The van der Waals surface area contributed by atoms with Crippen molar-refractivity contribution < 1.29 is 17.6 Å². The van der Waals surface area contributed by atoms with Crippen LogP contribution in [0.15, 0.2) is 47.4 Å². The number of halogens is 2. The standard InChI is InChI=1S/C20H23ClFN3O3S/c1-14-3-6-17(7-4-14)29(27,28)25-11-9-24(10-12-25)15(2)20(26)23-19-8-5-16(22)13-18(19)21/h3-8,13,15H,9-12H2,1-2H3,(H,23,26). The van der Waals surface area contributed by atoms with E-state index < -0.39 is 21.9 Å². The molecule has 1 aliphatic heterocycles. The van der Waals surface area contributed by atoms with Crippen molar-refractivity contribution in [1.29, 1.82) is 0 Å². The molecule has 6 nitrogen and oxygen atoms in total. The van der Waals surface area contributed by atoms with Gasteiger partial charge >= 0.3 is 0 Å². The molecule has 1 atom stereocenters. The van der Waals surface area contributed by atoms with Gasteiger partial charge in [-0.15, -0.1) is 0 Å². The number of aryl methyl sites for hydroxylation is 1. The number of carbonyl (C=O) groups is 1. The maximum Gasteiger partial charge on any atom is 0.243 e. The van der Waals surface area contributed by atoms with E-state index in [-0.39, 0.29) is 15.8 Å². The van der Waals surface area contributed by atoms with E-state index in [0.717, 1.165) is 11.6 Å². The highest BCUT2D eigenvalue weighted by atomic mass is 35.5. The SMILES string of the molecule is Cc1ccc(S(=O)(=O)N2CCN(C(C)C(=O)Nc3ccc(F)cc3Cl)CC2)cc1. The molecule has 0 spiro atoms. The second kappa shape index (κ2) is 8.79. The summed E-state index contributed by atoms with van der Waals surface area (Å²) in [6, 6.07) is 10.1. The van der Waals surface area contributed by atoms with Crippen molar-refractivity contribution in [3.63, 3.8) is 0 Å². The van der Waals surface area contributed by atoms with Gasteiger partial charge in [-0.05, 0) is 44.2 Å². The summed E-state index contributed by atoms with van der Waals surface area (Å²) in [4.78, 5) is 14.7. The molecule has 2 aromatic carbocycles. The fraction of sp³-hybridized carbons (Fsp3) is 0.350. The number of rotatable bonds is 5. The fourth-order valence-electron chi connectivity index (χ4n) is 3.18. The Bertz CT molecular complexity index is 991. The van der Waals surface area contributed by atoms with Crippen LogP contribution in [0.3, 0.4) is 0 Å². The Balaban J connectivity index is 1.60. The third-order valence-electron chi connectivity index (χ3n) is 5.05. The molecule has 0 aromatic heterocycles. The van der Waals surface area contributed by atoms with Gasteiger partial charge < -0.3 is 5.32 Å². The molecule has 29 heavy (non-hydrogen) atoms. The van der Waals surface area contributed by atoms with Crippen LogP contribution in [0.2, 0.25) is 5.02 Å². The molecule has 1 N–H and O–H groups in total. The summed E-state index contributed by atoms with van der Waals surface area (Å²) < 4.78 is 40.2. The van der Waals surface area contributed by atoms with Crippen molar-refractivity contribution in [3.8, 4) is 0 Å². The number of carbonyl (C=O) groups excluding carboxylic acids is 1. The van der Waals surface area contributed by atoms with Gasteiger partial charge in [-0.1, -0.05) is 29.3 Å². The molecule has 0 radical (unpaired) electrons. The van der Waals surface area contributed by atoms with Crippen molar-refractivity contribution in [3.05, 3.63) is 58.9 Å². The lowest BCUT2D eigenvalue weighted by atomic mass is 10.2. The molecule has 9 heteroatoms. The first-order valence-corrected chi connectivity index (χ1v) is 11.1. The van der Waals surface area contributed by atoms with Crippen LogP contribution in [0, 0.1) is 12.7 Å². The Morgan fingerprint density at radius 1 is 1.10 bits per heavy atom. The topological polar surface area (TPSA) is 69.7 Å². The number of piperazine rings is 1. The average Bonchev–Trinajstić information content (AvgIpc) is 2.70. The lowest BCUT2D eigenvalue weighted by molar-refractivity contribution is -0.121. The summed E-state index contributed by atoms with van der Waals surface area (Å²) >= 11 is 5.96. The van der Waals surface area contributed by atoms with E-state index in [2.05, 4.69) is 5.32 Å². The van der Waals surface area contributed by atoms with Crippen molar-refractivity contribution in [2.75, 3.05) is 31.5 Å². The van der Waals surface area contributed by atoms with Gasteiger partial charge in [-0.3, -0.25) is 9.69 Å². The predicted molar refractivity (Wildman–Crippen MR) is 111 cm³/mol. The number of anilines is 1. The van der Waals surface area contributed by atoms with E-state index in [1.165, 1.54) is 16.4 Å². The molecule has 1 saturated heterocycles. The number of sulfonamides is 1. The Morgan fingerprint density at radius 3 is 2.31 bits per heavy atom. The van der Waals surface area contributed by atoms with Crippen LogP contribution in [-0.4, -0.2) is 55.8 Å². The Morgan fingerprint density at radius 2 is 1.72 bits per heavy atom. The Kier molecular flexibility index (Phi) is 6.58. The van der Waals surface area contributed by atoms with Gasteiger partial charge in [0.2, 0.25) is 15.9 Å². The molecular weight excluding hydrogens is 417 g/mol. The molecule has 1 aliphatic rings. The van der Waals surface area contributed by atoms with E-state index in [1.54, 1.807) is 31.2 Å². The highest BCUT2D eigenvalue weighted by Crippen LogP contribution is 2.23. The number of nitrogens with zero attached hydrogens (tertiary/aromatic N) is 2. The second-order valence-electron chi connectivity index (χ2n) is 7.04. The van der Waals surface area contributed by atoms with Gasteiger partial charge in [0.1, 0.15) is 5.82 Å². The van der Waals surface area contributed by atoms with Crippen molar-refractivity contribution in [2.45, 2.75) is 24.8 Å². The minimum Gasteiger partial charge on any atom is -0.323 e. The first-order chi connectivity index (χ1) is 13.7. The maximum absolute atomic E-state index is 13.2. The zero-order valence-corrected chi connectivity index (χ0v) is 17.8. The fourth-order valence-corrected chi connectivity index (χ4v) is 4.82. The van der Waals surface area contributed by atoms with E-state index in [4.69, 9.17) is 11.6 Å². The van der Waals surface area contributed by atoms with E-state index >= 15 is 0 Å². The maximum atomic E-state index is 13.2. The molecule has 0 saturated carbocycles. The molecule has 0 bridgehead atoms. The number of hydrogen-bond donors (Lipinski definition) is 1. The van der Waals surface area contributed by atoms with E-state index in [0.29, 0.717) is 31.9 Å². The highest BCUT2D eigenvalue weighted by Gasteiger charge is 2.31. The van der Waals surface area contributed by atoms with Crippen LogP contribution in [0.4, 0.5) is 10.1 Å². The van der Waals surface area contributed by atoms with Gasteiger partial charge in [0.25, 0.3) is 0 Å². The van der Waals surface area contributed by atoms with Gasteiger partial charge in [0.05, 0.1) is 21.6 Å². The largest absolute Gasteiger partial charge is 0.323 e. The number of nitrogens with one attached hydrogen (secondary N) is 1. The van der Waals surface area contributed by atoms with Gasteiger partial charge in [0, 0.05) is 26.2 Å². The lowest BCUT2D eigenvalue weighted by Crippen LogP contribution is -2.53. The van der Waals surface area contributed by atoms with E-state index in [9.17, 15) is 17.6 Å². The third kappa shape index (κ3) is 4.95. The smallest absolute Gasteiger partial charge is 0.243 e. The Labute approximate surface area is 175 Å². The Hall–Kier alpha value is -2.00. The predicted octanol–water partition coefficient (Wildman–Crippen LogP) is 3.12. The first kappa shape index (κ1) is 21.7. The van der Waals surface area contributed by atoms with Crippen molar-refractivity contribution in [1.82, 2.24) is 9.21 Å². The summed E-state index contributed by atoms with van der Waals surface area (Å²) in [7, 11) is -3.55. The second-order valence-corrected chi connectivity index (χ2v) is 9.39. The van der Waals surface area contributed by atoms with Crippen LogP contribution in [0.5, 0.6) is 0 Å². The first-order valence-electron chi connectivity index (χ1n) is 9.25.